The van der Waals surface area contributed by atoms with Crippen LogP contribution in [0.2, 0.25) is 6.04 Å². The molecule has 0 saturated heterocycles. The molecule has 0 aliphatic heterocycles. The summed E-state index contributed by atoms with van der Waals surface area (Å²) in [4.78, 5) is 11.4. The quantitative estimate of drug-likeness (QED) is 0.197. The lowest BCUT2D eigenvalue weighted by atomic mass is 10.3. The maximum Gasteiger partial charge on any atom is 0.501 e. The van der Waals surface area contributed by atoms with E-state index in [4.69, 9.17) is 18.0 Å². The van der Waals surface area contributed by atoms with E-state index in [-0.39, 0.29) is 15.6 Å². The van der Waals surface area contributed by atoms with Crippen LogP contribution in [-0.4, -0.2) is 50.9 Å². The second-order valence-electron chi connectivity index (χ2n) is 4.33. The van der Waals surface area contributed by atoms with Gasteiger partial charge in [-0.1, -0.05) is 38.8 Å². The molecule has 8 heteroatoms. The highest BCUT2D eigenvalue weighted by Gasteiger charge is 2.39. The van der Waals surface area contributed by atoms with Gasteiger partial charge in [-0.2, -0.15) is 0 Å². The summed E-state index contributed by atoms with van der Waals surface area (Å²) < 4.78 is 22.5. The summed E-state index contributed by atoms with van der Waals surface area (Å²) in [5.41, 5.74) is 0. The third-order valence-corrected chi connectivity index (χ3v) is 8.15. The minimum Gasteiger partial charge on any atom is -0.465 e. The fraction of sp³-hybridized carbons (Fsp3) is 0.923. The fourth-order valence-corrected chi connectivity index (χ4v) is 4.66. The Balaban J connectivity index is 4.27. The van der Waals surface area contributed by atoms with Crippen molar-refractivity contribution in [1.29, 1.82) is 0 Å². The molecule has 0 spiro atoms. The largest absolute Gasteiger partial charge is 0.501 e. The highest BCUT2D eigenvalue weighted by molar-refractivity contribution is 9.12. The Bertz CT molecular complexity index is 275. The summed E-state index contributed by atoms with van der Waals surface area (Å²) in [5.74, 6) is -0.268. The smallest absolute Gasteiger partial charge is 0.465 e. The van der Waals surface area contributed by atoms with Crippen LogP contribution < -0.4 is 0 Å². The minimum atomic E-state index is -2.63. The molecule has 5 nitrogen and oxygen atoms in total. The van der Waals surface area contributed by atoms with Crippen molar-refractivity contribution in [3.63, 3.8) is 0 Å². The van der Waals surface area contributed by atoms with E-state index < -0.39 is 8.80 Å². The average Bonchev–Trinajstić information content (AvgIpc) is 2.43. The fourth-order valence-electron chi connectivity index (χ4n) is 1.73. The van der Waals surface area contributed by atoms with Crippen LogP contribution in [0.25, 0.3) is 0 Å². The second-order valence-corrected chi connectivity index (χ2v) is 9.50. The molecule has 2 unspecified atom stereocenters. The van der Waals surface area contributed by atoms with Gasteiger partial charge in [0.05, 0.1) is 6.61 Å². The van der Waals surface area contributed by atoms with Crippen molar-refractivity contribution in [2.45, 2.75) is 49.8 Å². The predicted octanol–water partition coefficient (Wildman–Crippen LogP) is 3.52. The van der Waals surface area contributed by atoms with Gasteiger partial charge in [0.25, 0.3) is 0 Å². The summed E-state index contributed by atoms with van der Waals surface area (Å²) in [7, 11) is -2.63. The third kappa shape index (κ3) is 8.66. The van der Waals surface area contributed by atoms with E-state index in [1.54, 1.807) is 0 Å². The van der Waals surface area contributed by atoms with E-state index in [9.17, 15) is 4.79 Å². The van der Waals surface area contributed by atoms with Crippen LogP contribution in [0.15, 0.2) is 0 Å². The van der Waals surface area contributed by atoms with Crippen LogP contribution in [0, 0.1) is 0 Å². The van der Waals surface area contributed by atoms with Gasteiger partial charge in [-0.15, -0.1) is 0 Å². The first-order chi connectivity index (χ1) is 9.92. The first kappa shape index (κ1) is 21.5. The lowest BCUT2D eigenvalue weighted by Gasteiger charge is -2.28. The number of esters is 1. The van der Waals surface area contributed by atoms with Gasteiger partial charge in [-0.3, -0.25) is 4.79 Å². The average molecular weight is 450 g/mol. The van der Waals surface area contributed by atoms with E-state index in [2.05, 4.69) is 31.9 Å². The predicted molar refractivity (Wildman–Crippen MR) is 92.1 cm³/mol. The lowest BCUT2D eigenvalue weighted by molar-refractivity contribution is -0.142. The Morgan fingerprint density at radius 3 is 1.90 bits per heavy atom. The van der Waals surface area contributed by atoms with Gasteiger partial charge in [0.15, 0.2) is 0 Å². The zero-order valence-corrected chi connectivity index (χ0v) is 17.4. The molecule has 126 valence electrons. The molecular weight excluding hydrogens is 424 g/mol. The molecule has 0 fully saturated rings. The first-order valence-electron chi connectivity index (χ1n) is 7.29. The summed E-state index contributed by atoms with van der Waals surface area (Å²) in [6.07, 6.45) is 0.661. The maximum absolute atomic E-state index is 11.7. The molecule has 0 amide bonds. The number of carbonyl (C=O) groups excluding carboxylic acids is 1. The molecule has 0 N–H and O–H groups in total. The molecule has 21 heavy (non-hydrogen) atoms. The minimum absolute atomic E-state index is 0.0220. The van der Waals surface area contributed by atoms with Crippen molar-refractivity contribution in [2.75, 3.05) is 26.4 Å². The van der Waals surface area contributed by atoms with Gasteiger partial charge in [0, 0.05) is 30.7 Å². The van der Waals surface area contributed by atoms with Crippen molar-refractivity contribution >= 4 is 46.6 Å². The van der Waals surface area contributed by atoms with Crippen LogP contribution in [0.5, 0.6) is 0 Å². The Hall–Kier alpha value is 0.527. The summed E-state index contributed by atoms with van der Waals surface area (Å²) in [6.45, 7) is 9.65. The zero-order chi connectivity index (χ0) is 16.3. The summed E-state index contributed by atoms with van der Waals surface area (Å²) in [5, 5.41) is 0. The van der Waals surface area contributed by atoms with E-state index in [0.29, 0.717) is 38.9 Å². The van der Waals surface area contributed by atoms with E-state index in [0.717, 1.165) is 0 Å². The molecule has 2 atom stereocenters. The van der Waals surface area contributed by atoms with Crippen molar-refractivity contribution in [1.82, 2.24) is 0 Å². The number of hydrogen-bond donors (Lipinski definition) is 0. The van der Waals surface area contributed by atoms with E-state index >= 15 is 0 Å². The van der Waals surface area contributed by atoms with Crippen molar-refractivity contribution in [3.8, 4) is 0 Å². The highest BCUT2D eigenvalue weighted by atomic mass is 79.9. The molecule has 0 bridgehead atoms. The van der Waals surface area contributed by atoms with Gasteiger partial charge >= 0.3 is 14.8 Å². The standard InChI is InChI=1S/C13H26Br2O5Si/c1-5-18-21(19-6-2,20-7-3)10-8-9-17-13(16)12(15)11(4)14/h11-12H,5-10H2,1-4H3. The molecule has 0 heterocycles. The number of alkyl halides is 2. The Labute approximate surface area is 145 Å². The molecule has 0 rings (SSSR count). The molecule has 0 aliphatic rings. The molecule has 0 radical (unpaired) electrons. The van der Waals surface area contributed by atoms with Crippen LogP contribution in [0.3, 0.4) is 0 Å². The Morgan fingerprint density at radius 1 is 1.05 bits per heavy atom. The van der Waals surface area contributed by atoms with Crippen LogP contribution in [-0.2, 0) is 22.8 Å². The third-order valence-electron chi connectivity index (χ3n) is 2.59. The number of ether oxygens (including phenoxy) is 1. The van der Waals surface area contributed by atoms with Crippen molar-refractivity contribution in [3.05, 3.63) is 0 Å². The summed E-state index contributed by atoms with van der Waals surface area (Å²) >= 11 is 6.63. The summed E-state index contributed by atoms with van der Waals surface area (Å²) in [6, 6.07) is 0.645. The van der Waals surface area contributed by atoms with Crippen LogP contribution in [0.4, 0.5) is 0 Å². The van der Waals surface area contributed by atoms with Gasteiger partial charge in [-0.05, 0) is 27.2 Å². The van der Waals surface area contributed by atoms with Crippen LogP contribution in [0.1, 0.15) is 34.1 Å². The molecule has 0 aromatic heterocycles. The van der Waals surface area contributed by atoms with Crippen molar-refractivity contribution < 1.29 is 22.8 Å². The highest BCUT2D eigenvalue weighted by Crippen LogP contribution is 2.19. The van der Waals surface area contributed by atoms with Crippen molar-refractivity contribution in [2.24, 2.45) is 0 Å². The second kappa shape index (κ2) is 12.0. The normalized spacial score (nSPS) is 14.8. The lowest BCUT2D eigenvalue weighted by Crippen LogP contribution is -2.46. The number of hydrogen-bond acceptors (Lipinski definition) is 5. The number of rotatable bonds is 12. The van der Waals surface area contributed by atoms with Gasteiger partial charge < -0.3 is 18.0 Å². The number of halogens is 2. The molecular formula is C13H26Br2O5Si. The number of carbonyl (C=O) groups is 1. The van der Waals surface area contributed by atoms with E-state index in [1.807, 2.05) is 27.7 Å². The van der Waals surface area contributed by atoms with Gasteiger partial charge in [-0.25, -0.2) is 0 Å². The Kier molecular flexibility index (Phi) is 12.3. The zero-order valence-electron chi connectivity index (χ0n) is 13.2. The maximum atomic E-state index is 11.7. The Morgan fingerprint density at radius 2 is 1.52 bits per heavy atom. The topological polar surface area (TPSA) is 54.0 Å². The molecule has 0 aromatic carbocycles. The van der Waals surface area contributed by atoms with E-state index in [1.165, 1.54) is 0 Å². The van der Waals surface area contributed by atoms with Gasteiger partial charge in [0.2, 0.25) is 0 Å². The van der Waals surface area contributed by atoms with Gasteiger partial charge in [0.1, 0.15) is 4.83 Å². The molecule has 0 aliphatic carbocycles. The van der Waals surface area contributed by atoms with Crippen LogP contribution >= 0.6 is 31.9 Å². The SMILES string of the molecule is CCO[Si](CCCOC(=O)C(Br)C(C)Br)(OCC)OCC. The monoisotopic (exact) mass is 448 g/mol. The molecule has 0 saturated carbocycles. The first-order valence-corrected chi connectivity index (χ1v) is 11.0. The molecule has 0 aromatic rings.